The second kappa shape index (κ2) is 4.99. The molecule has 2 unspecified atom stereocenters. The van der Waals surface area contributed by atoms with Gasteiger partial charge >= 0.3 is 0 Å². The minimum absolute atomic E-state index is 0.142. The Morgan fingerprint density at radius 2 is 1.88 bits per heavy atom. The molecule has 8 heteroatoms. The Balaban J connectivity index is 2.49. The third-order valence-electron chi connectivity index (χ3n) is 2.80. The lowest BCUT2D eigenvalue weighted by atomic mass is 10.2. The van der Waals surface area contributed by atoms with Crippen LogP contribution in [0.15, 0.2) is 0 Å². The molecule has 2 atom stereocenters. The number of hydrogen-bond donors (Lipinski definition) is 2. The van der Waals surface area contributed by atoms with Gasteiger partial charge in [0.25, 0.3) is 0 Å². The molecule has 0 spiro atoms. The van der Waals surface area contributed by atoms with E-state index in [0.717, 1.165) is 12.8 Å². The van der Waals surface area contributed by atoms with Crippen molar-refractivity contribution >= 4 is 19.9 Å². The molecule has 0 heterocycles. The van der Waals surface area contributed by atoms with Gasteiger partial charge in [0.15, 0.2) is 9.84 Å². The molecule has 0 amide bonds. The van der Waals surface area contributed by atoms with Crippen LogP contribution >= 0.6 is 0 Å². The fraction of sp³-hybridized carbons (Fsp3) is 1.00. The summed E-state index contributed by atoms with van der Waals surface area (Å²) in [5.41, 5.74) is 0. The van der Waals surface area contributed by atoms with Crippen LogP contribution in [0.1, 0.15) is 19.3 Å². The average molecular weight is 270 g/mol. The monoisotopic (exact) mass is 270 g/mol. The SMILES string of the molecule is CS(=O)(=O)C1CCCC1NCCS(N)(=O)=O. The topological polar surface area (TPSA) is 106 Å². The Morgan fingerprint density at radius 3 is 2.38 bits per heavy atom. The lowest BCUT2D eigenvalue weighted by molar-refractivity contribution is 0.518. The summed E-state index contributed by atoms with van der Waals surface area (Å²) in [6, 6.07) is -0.142. The highest BCUT2D eigenvalue weighted by atomic mass is 32.2. The zero-order valence-corrected chi connectivity index (χ0v) is 10.9. The van der Waals surface area contributed by atoms with Crippen LogP contribution in [0.25, 0.3) is 0 Å². The second-order valence-corrected chi connectivity index (χ2v) is 8.23. The van der Waals surface area contributed by atoms with E-state index in [1.807, 2.05) is 0 Å². The molecule has 1 aliphatic rings. The van der Waals surface area contributed by atoms with Crippen molar-refractivity contribution in [3.05, 3.63) is 0 Å². The summed E-state index contributed by atoms with van der Waals surface area (Å²) in [7, 11) is -6.54. The van der Waals surface area contributed by atoms with Gasteiger partial charge in [0, 0.05) is 18.8 Å². The summed E-state index contributed by atoms with van der Waals surface area (Å²) >= 11 is 0. The number of nitrogens with one attached hydrogen (secondary N) is 1. The van der Waals surface area contributed by atoms with Gasteiger partial charge in [0.05, 0.1) is 11.0 Å². The zero-order chi connectivity index (χ0) is 12.4. The van der Waals surface area contributed by atoms with Crippen molar-refractivity contribution in [3.8, 4) is 0 Å². The molecule has 6 nitrogen and oxygen atoms in total. The van der Waals surface area contributed by atoms with E-state index in [-0.39, 0.29) is 18.3 Å². The molecule has 0 aromatic heterocycles. The Bertz CT molecular complexity index is 429. The van der Waals surface area contributed by atoms with Crippen LogP contribution in [0.2, 0.25) is 0 Å². The molecule has 1 saturated carbocycles. The van der Waals surface area contributed by atoms with Crippen molar-refractivity contribution in [1.29, 1.82) is 0 Å². The van der Waals surface area contributed by atoms with Gasteiger partial charge in [-0.25, -0.2) is 22.0 Å². The number of nitrogens with two attached hydrogens (primary N) is 1. The Labute approximate surface area is 96.6 Å². The van der Waals surface area contributed by atoms with E-state index in [1.54, 1.807) is 0 Å². The van der Waals surface area contributed by atoms with Crippen molar-refractivity contribution in [3.63, 3.8) is 0 Å². The summed E-state index contributed by atoms with van der Waals surface area (Å²) in [6.07, 6.45) is 3.48. The molecule has 0 aromatic carbocycles. The molecule has 96 valence electrons. The summed E-state index contributed by atoms with van der Waals surface area (Å²) < 4.78 is 44.2. The summed E-state index contributed by atoms with van der Waals surface area (Å²) in [6.45, 7) is 0.204. The van der Waals surface area contributed by atoms with Crippen LogP contribution in [0.4, 0.5) is 0 Å². The van der Waals surface area contributed by atoms with Crippen LogP contribution < -0.4 is 10.5 Å². The van der Waals surface area contributed by atoms with Crippen LogP contribution in [0.5, 0.6) is 0 Å². The fourth-order valence-corrected chi connectivity index (χ4v) is 3.88. The molecule has 0 bridgehead atoms. The van der Waals surface area contributed by atoms with Crippen LogP contribution in [0, 0.1) is 0 Å². The summed E-state index contributed by atoms with van der Waals surface area (Å²) in [5, 5.41) is 7.42. The third kappa shape index (κ3) is 4.36. The second-order valence-electron chi connectivity index (χ2n) is 4.23. The maximum atomic E-state index is 11.4. The first-order valence-electron chi connectivity index (χ1n) is 5.13. The van der Waals surface area contributed by atoms with Crippen molar-refractivity contribution < 1.29 is 16.8 Å². The van der Waals surface area contributed by atoms with E-state index in [0.29, 0.717) is 6.42 Å². The molecule has 1 aliphatic carbocycles. The van der Waals surface area contributed by atoms with Crippen molar-refractivity contribution in [2.45, 2.75) is 30.6 Å². The number of sulfonamides is 1. The molecular weight excluding hydrogens is 252 g/mol. The highest BCUT2D eigenvalue weighted by Gasteiger charge is 2.34. The smallest absolute Gasteiger partial charge is 0.210 e. The van der Waals surface area contributed by atoms with E-state index in [2.05, 4.69) is 5.32 Å². The van der Waals surface area contributed by atoms with Gasteiger partial charge in [-0.2, -0.15) is 0 Å². The summed E-state index contributed by atoms with van der Waals surface area (Å²) in [4.78, 5) is 0. The van der Waals surface area contributed by atoms with Gasteiger partial charge in [0.1, 0.15) is 0 Å². The van der Waals surface area contributed by atoms with Crippen molar-refractivity contribution in [1.82, 2.24) is 5.32 Å². The average Bonchev–Trinajstić information content (AvgIpc) is 2.48. The maximum Gasteiger partial charge on any atom is 0.210 e. The number of sulfone groups is 1. The molecule has 1 rings (SSSR count). The van der Waals surface area contributed by atoms with Gasteiger partial charge in [-0.1, -0.05) is 6.42 Å². The lowest BCUT2D eigenvalue weighted by Crippen LogP contribution is -2.42. The van der Waals surface area contributed by atoms with Gasteiger partial charge < -0.3 is 5.32 Å². The third-order valence-corrected chi connectivity index (χ3v) is 5.23. The maximum absolute atomic E-state index is 11.4. The van der Waals surface area contributed by atoms with Gasteiger partial charge in [0.2, 0.25) is 10.0 Å². The lowest BCUT2D eigenvalue weighted by Gasteiger charge is -2.19. The van der Waals surface area contributed by atoms with E-state index in [9.17, 15) is 16.8 Å². The number of rotatable bonds is 5. The molecule has 16 heavy (non-hydrogen) atoms. The first kappa shape index (κ1) is 13.9. The van der Waals surface area contributed by atoms with Crippen LogP contribution in [-0.2, 0) is 19.9 Å². The number of hydrogen-bond acceptors (Lipinski definition) is 5. The minimum Gasteiger partial charge on any atom is -0.312 e. The van der Waals surface area contributed by atoms with Crippen molar-refractivity contribution in [2.24, 2.45) is 5.14 Å². The first-order chi connectivity index (χ1) is 7.20. The molecule has 0 aliphatic heterocycles. The molecule has 0 radical (unpaired) electrons. The minimum atomic E-state index is -3.48. The van der Waals surface area contributed by atoms with E-state index in [4.69, 9.17) is 5.14 Å². The van der Waals surface area contributed by atoms with Gasteiger partial charge in [-0.05, 0) is 12.8 Å². The van der Waals surface area contributed by atoms with Gasteiger partial charge in [-0.3, -0.25) is 0 Å². The Kier molecular flexibility index (Phi) is 4.33. The first-order valence-corrected chi connectivity index (χ1v) is 8.80. The highest BCUT2D eigenvalue weighted by molar-refractivity contribution is 7.91. The van der Waals surface area contributed by atoms with E-state index < -0.39 is 25.1 Å². The van der Waals surface area contributed by atoms with Gasteiger partial charge in [-0.15, -0.1) is 0 Å². The van der Waals surface area contributed by atoms with Crippen LogP contribution in [0.3, 0.4) is 0 Å². The standard InChI is InChI=1S/C8H18N2O4S2/c1-15(11,12)8-4-2-3-7(8)10-5-6-16(9,13)14/h7-8,10H,2-6H2,1H3,(H2,9,13,14). The van der Waals surface area contributed by atoms with E-state index in [1.165, 1.54) is 6.26 Å². The molecule has 0 saturated heterocycles. The van der Waals surface area contributed by atoms with Crippen molar-refractivity contribution in [2.75, 3.05) is 18.6 Å². The zero-order valence-electron chi connectivity index (χ0n) is 9.22. The normalized spacial score (nSPS) is 27.1. The highest BCUT2D eigenvalue weighted by Crippen LogP contribution is 2.24. The molecule has 3 N–H and O–H groups in total. The quantitative estimate of drug-likeness (QED) is 0.655. The Morgan fingerprint density at radius 1 is 1.25 bits per heavy atom. The number of primary sulfonamides is 1. The fourth-order valence-electron chi connectivity index (χ4n) is 2.06. The van der Waals surface area contributed by atoms with E-state index >= 15 is 0 Å². The molecule has 0 aromatic rings. The Hall–Kier alpha value is -0.180. The largest absolute Gasteiger partial charge is 0.312 e. The molecular formula is C8H18N2O4S2. The summed E-state index contributed by atoms with van der Waals surface area (Å²) in [5.74, 6) is -0.167. The van der Waals surface area contributed by atoms with Crippen LogP contribution in [-0.4, -0.2) is 46.7 Å². The predicted octanol–water partition coefficient (Wildman–Crippen LogP) is -1.17. The predicted molar refractivity (Wildman–Crippen MR) is 62.2 cm³/mol. The molecule has 1 fully saturated rings.